The quantitative estimate of drug-likeness (QED) is 0.267. The Morgan fingerprint density at radius 1 is 0.625 bits per heavy atom. The van der Waals surface area contributed by atoms with Gasteiger partial charge in [-0.3, -0.25) is 0 Å². The number of benzene rings is 1. The molecular formula is C30H50O2. The minimum atomic E-state index is 0.115. The molecule has 0 amide bonds. The van der Waals surface area contributed by atoms with Crippen LogP contribution in [-0.4, -0.2) is 19.3 Å². The molecule has 2 atom stereocenters. The lowest BCUT2D eigenvalue weighted by molar-refractivity contribution is -0.137. The molecule has 1 aliphatic heterocycles. The van der Waals surface area contributed by atoms with Crippen LogP contribution in [0.15, 0.2) is 24.3 Å². The first-order valence-corrected chi connectivity index (χ1v) is 14.1. The maximum absolute atomic E-state index is 6.19. The van der Waals surface area contributed by atoms with E-state index >= 15 is 0 Å². The van der Waals surface area contributed by atoms with Gasteiger partial charge in [-0.25, -0.2) is 0 Å². The van der Waals surface area contributed by atoms with Gasteiger partial charge in [0.1, 0.15) is 6.10 Å². The second-order valence-electron chi connectivity index (χ2n) is 10.6. The van der Waals surface area contributed by atoms with Gasteiger partial charge in [-0.1, -0.05) is 109 Å². The summed E-state index contributed by atoms with van der Waals surface area (Å²) < 4.78 is 12.3. The zero-order chi connectivity index (χ0) is 22.4. The third-order valence-corrected chi connectivity index (χ3v) is 7.94. The monoisotopic (exact) mass is 442 g/mol. The molecule has 1 saturated heterocycles. The van der Waals surface area contributed by atoms with Crippen LogP contribution in [0.3, 0.4) is 0 Å². The lowest BCUT2D eigenvalue weighted by Gasteiger charge is -2.31. The summed E-state index contributed by atoms with van der Waals surface area (Å²) >= 11 is 0. The summed E-state index contributed by atoms with van der Waals surface area (Å²) in [6, 6.07) is 9.34. The second-order valence-corrected chi connectivity index (χ2v) is 10.6. The number of unbranched alkanes of at least 4 members (excludes halogenated alkanes) is 8. The Kier molecular flexibility index (Phi) is 12.2. The molecule has 1 aromatic rings. The van der Waals surface area contributed by atoms with Crippen molar-refractivity contribution in [3.63, 3.8) is 0 Å². The van der Waals surface area contributed by atoms with Crippen LogP contribution >= 0.6 is 0 Å². The van der Waals surface area contributed by atoms with E-state index in [0.717, 1.165) is 24.9 Å². The van der Waals surface area contributed by atoms with Gasteiger partial charge in [0.05, 0.1) is 19.3 Å². The highest BCUT2D eigenvalue weighted by Crippen LogP contribution is 2.38. The Hall–Kier alpha value is -0.860. The highest BCUT2D eigenvalue weighted by atomic mass is 16.6. The molecular weight excluding hydrogens is 392 g/mol. The molecule has 0 aromatic heterocycles. The van der Waals surface area contributed by atoms with E-state index in [1.165, 1.54) is 107 Å². The Labute approximate surface area is 198 Å². The van der Waals surface area contributed by atoms with Crippen molar-refractivity contribution in [2.75, 3.05) is 13.2 Å². The zero-order valence-electron chi connectivity index (χ0n) is 21.2. The van der Waals surface area contributed by atoms with Gasteiger partial charge in [-0.15, -0.1) is 0 Å². The topological polar surface area (TPSA) is 18.5 Å². The number of ether oxygens (including phenoxy) is 2. The SMILES string of the molecule is CCCCCCC[C@H]1CO[C@H](c2ccc([C@H]3CC[C@H](CCCCCCC)CC3)cc2)CO1. The zero-order valence-corrected chi connectivity index (χ0v) is 21.2. The van der Waals surface area contributed by atoms with Crippen molar-refractivity contribution in [1.82, 2.24) is 0 Å². The van der Waals surface area contributed by atoms with Crippen LogP contribution in [0, 0.1) is 5.92 Å². The average molecular weight is 443 g/mol. The molecule has 2 fully saturated rings. The van der Waals surface area contributed by atoms with Crippen molar-refractivity contribution in [1.29, 1.82) is 0 Å². The summed E-state index contributed by atoms with van der Waals surface area (Å²) in [6.45, 7) is 6.04. The molecule has 0 bridgehead atoms. The lowest BCUT2D eigenvalue weighted by atomic mass is 9.77. The number of hydrogen-bond acceptors (Lipinski definition) is 2. The van der Waals surface area contributed by atoms with Crippen LogP contribution in [0.25, 0.3) is 0 Å². The molecule has 2 heteroatoms. The fourth-order valence-corrected chi connectivity index (χ4v) is 5.68. The van der Waals surface area contributed by atoms with Gasteiger partial charge in [0.2, 0.25) is 0 Å². The molecule has 1 saturated carbocycles. The van der Waals surface area contributed by atoms with E-state index in [4.69, 9.17) is 9.47 Å². The van der Waals surface area contributed by atoms with Crippen LogP contribution < -0.4 is 0 Å². The standard InChI is InChI=1S/C30H50O2/c1-3-5-7-9-11-13-25-15-17-26(18-16-25)27-19-21-28(22-20-27)30-24-31-29(23-32-30)14-12-10-8-6-4-2/h19-22,25-26,29-30H,3-18,23-24H2,1-2H3/t25-,26-,29-,30-/m0/s1. The molecule has 182 valence electrons. The fourth-order valence-electron chi connectivity index (χ4n) is 5.68. The van der Waals surface area contributed by atoms with E-state index in [2.05, 4.69) is 38.1 Å². The molecule has 2 nitrogen and oxygen atoms in total. The maximum atomic E-state index is 6.19. The Balaban J connectivity index is 1.32. The first kappa shape index (κ1) is 25.8. The van der Waals surface area contributed by atoms with E-state index in [1.54, 1.807) is 0 Å². The van der Waals surface area contributed by atoms with Crippen molar-refractivity contribution in [2.45, 2.75) is 135 Å². The Morgan fingerprint density at radius 3 is 1.81 bits per heavy atom. The van der Waals surface area contributed by atoms with Crippen LogP contribution in [0.2, 0.25) is 0 Å². The van der Waals surface area contributed by atoms with Crippen molar-refractivity contribution in [3.05, 3.63) is 35.4 Å². The van der Waals surface area contributed by atoms with E-state index in [9.17, 15) is 0 Å². The van der Waals surface area contributed by atoms with Crippen molar-refractivity contribution >= 4 is 0 Å². The Bertz CT molecular complexity index is 526. The smallest absolute Gasteiger partial charge is 0.106 e. The van der Waals surface area contributed by atoms with E-state index in [0.29, 0.717) is 12.7 Å². The van der Waals surface area contributed by atoms with Gasteiger partial charge in [0.15, 0.2) is 0 Å². The summed E-state index contributed by atoms with van der Waals surface area (Å²) in [5.41, 5.74) is 2.83. The minimum Gasteiger partial charge on any atom is -0.373 e. The predicted molar refractivity (Wildman–Crippen MR) is 136 cm³/mol. The van der Waals surface area contributed by atoms with Crippen molar-refractivity contribution in [2.24, 2.45) is 5.92 Å². The van der Waals surface area contributed by atoms with Crippen molar-refractivity contribution in [3.8, 4) is 0 Å². The van der Waals surface area contributed by atoms with Gasteiger partial charge >= 0.3 is 0 Å². The molecule has 1 heterocycles. The second kappa shape index (κ2) is 15.1. The molecule has 2 aliphatic rings. The van der Waals surface area contributed by atoms with Crippen LogP contribution in [-0.2, 0) is 9.47 Å². The normalized spacial score (nSPS) is 26.3. The minimum absolute atomic E-state index is 0.115. The predicted octanol–water partition coefficient (Wildman–Crippen LogP) is 9.14. The van der Waals surface area contributed by atoms with E-state index < -0.39 is 0 Å². The largest absolute Gasteiger partial charge is 0.373 e. The van der Waals surface area contributed by atoms with Crippen LogP contribution in [0.4, 0.5) is 0 Å². The fraction of sp³-hybridized carbons (Fsp3) is 0.800. The number of hydrogen-bond donors (Lipinski definition) is 0. The van der Waals surface area contributed by atoms with Crippen molar-refractivity contribution < 1.29 is 9.47 Å². The molecule has 0 spiro atoms. The van der Waals surface area contributed by atoms with Crippen LogP contribution in [0.5, 0.6) is 0 Å². The highest BCUT2D eigenvalue weighted by molar-refractivity contribution is 5.27. The average Bonchev–Trinajstić information content (AvgIpc) is 2.85. The number of rotatable bonds is 14. The molecule has 1 aliphatic carbocycles. The summed E-state index contributed by atoms with van der Waals surface area (Å²) in [5.74, 6) is 1.75. The summed E-state index contributed by atoms with van der Waals surface area (Å²) in [5, 5.41) is 0. The lowest BCUT2D eigenvalue weighted by Crippen LogP contribution is -2.31. The molecule has 32 heavy (non-hydrogen) atoms. The van der Waals surface area contributed by atoms with Crippen LogP contribution in [0.1, 0.15) is 140 Å². The summed E-state index contributed by atoms with van der Waals surface area (Å²) in [6.07, 6.45) is 22.4. The molecule has 0 radical (unpaired) electrons. The van der Waals surface area contributed by atoms with Gasteiger partial charge in [0, 0.05) is 0 Å². The van der Waals surface area contributed by atoms with Gasteiger partial charge in [-0.2, -0.15) is 0 Å². The van der Waals surface area contributed by atoms with Gasteiger partial charge < -0.3 is 9.47 Å². The summed E-state index contributed by atoms with van der Waals surface area (Å²) in [7, 11) is 0. The third kappa shape index (κ3) is 8.82. The van der Waals surface area contributed by atoms with Gasteiger partial charge in [-0.05, 0) is 55.1 Å². The summed E-state index contributed by atoms with van der Waals surface area (Å²) in [4.78, 5) is 0. The molecule has 3 rings (SSSR count). The van der Waals surface area contributed by atoms with E-state index in [-0.39, 0.29) is 6.10 Å². The highest BCUT2D eigenvalue weighted by Gasteiger charge is 2.25. The molecule has 0 N–H and O–H groups in total. The first-order chi connectivity index (χ1) is 15.8. The molecule has 1 aromatic carbocycles. The first-order valence-electron chi connectivity index (χ1n) is 14.1. The van der Waals surface area contributed by atoms with Gasteiger partial charge in [0.25, 0.3) is 0 Å². The maximum Gasteiger partial charge on any atom is 0.106 e. The third-order valence-electron chi connectivity index (χ3n) is 7.94. The molecule has 0 unspecified atom stereocenters. The Morgan fingerprint density at radius 2 is 1.22 bits per heavy atom. The van der Waals surface area contributed by atoms with E-state index in [1.807, 2.05) is 0 Å².